The molecular formula is C21H24BrN3O3. The van der Waals surface area contributed by atoms with Gasteiger partial charge in [0.25, 0.3) is 11.8 Å². The molecule has 0 saturated carbocycles. The highest BCUT2D eigenvalue weighted by molar-refractivity contribution is 9.10. The number of hydrazone groups is 1. The second-order valence-corrected chi connectivity index (χ2v) is 7.60. The van der Waals surface area contributed by atoms with Crippen LogP contribution in [0.15, 0.2) is 52.0 Å². The number of rotatable bonds is 7. The first-order chi connectivity index (χ1) is 13.3. The molecule has 0 spiro atoms. The molecule has 148 valence electrons. The van der Waals surface area contributed by atoms with E-state index in [2.05, 4.69) is 31.8 Å². The van der Waals surface area contributed by atoms with Crippen LogP contribution in [0, 0.1) is 12.8 Å². The Morgan fingerprint density at radius 2 is 1.82 bits per heavy atom. The van der Waals surface area contributed by atoms with Crippen LogP contribution in [0.3, 0.4) is 0 Å². The van der Waals surface area contributed by atoms with Crippen LogP contribution in [0.5, 0.6) is 5.75 Å². The highest BCUT2D eigenvalue weighted by atomic mass is 79.9. The van der Waals surface area contributed by atoms with Crippen LogP contribution in [0.1, 0.15) is 35.3 Å². The third kappa shape index (κ3) is 5.92. The van der Waals surface area contributed by atoms with Crippen molar-refractivity contribution in [3.63, 3.8) is 0 Å². The number of methoxy groups -OCH3 is 1. The van der Waals surface area contributed by atoms with E-state index < -0.39 is 6.04 Å². The smallest absolute Gasteiger partial charge is 0.262 e. The van der Waals surface area contributed by atoms with E-state index in [1.165, 1.54) is 6.21 Å². The summed E-state index contributed by atoms with van der Waals surface area (Å²) in [4.78, 5) is 25.0. The summed E-state index contributed by atoms with van der Waals surface area (Å²) in [7, 11) is 1.56. The molecule has 28 heavy (non-hydrogen) atoms. The van der Waals surface area contributed by atoms with E-state index in [9.17, 15) is 9.59 Å². The minimum absolute atomic E-state index is 0.106. The first kappa shape index (κ1) is 21.6. The lowest BCUT2D eigenvalue weighted by molar-refractivity contribution is -0.123. The summed E-state index contributed by atoms with van der Waals surface area (Å²) in [6, 6.07) is 11.9. The van der Waals surface area contributed by atoms with Gasteiger partial charge in [-0.25, -0.2) is 5.43 Å². The average molecular weight is 446 g/mol. The van der Waals surface area contributed by atoms with E-state index in [0.717, 1.165) is 10.0 Å². The number of amides is 2. The molecule has 2 aromatic rings. The number of nitrogens with one attached hydrogen (secondary N) is 2. The largest absolute Gasteiger partial charge is 0.496 e. The van der Waals surface area contributed by atoms with Gasteiger partial charge in [-0.15, -0.1) is 0 Å². The molecule has 6 nitrogen and oxygen atoms in total. The summed E-state index contributed by atoms with van der Waals surface area (Å²) >= 11 is 3.39. The predicted octanol–water partition coefficient (Wildman–Crippen LogP) is 3.67. The molecule has 2 N–H and O–H groups in total. The summed E-state index contributed by atoms with van der Waals surface area (Å²) in [5.41, 5.74) is 4.77. The standard InChI is InChI=1S/C21H24BrN3O3/c1-13(2)19(24-20(26)15-7-5-14(3)6-8-15)21(27)25-23-12-16-11-17(22)9-10-18(16)28-4/h5-13,19H,1-4H3,(H,24,26)(H,25,27)/b23-12-. The van der Waals surface area contributed by atoms with Crippen molar-refractivity contribution < 1.29 is 14.3 Å². The van der Waals surface area contributed by atoms with Crippen LogP contribution in [-0.2, 0) is 4.79 Å². The Balaban J connectivity index is 2.06. The van der Waals surface area contributed by atoms with Crippen molar-refractivity contribution in [3.05, 3.63) is 63.6 Å². The first-order valence-corrected chi connectivity index (χ1v) is 9.65. The average Bonchev–Trinajstić information content (AvgIpc) is 2.66. The third-order valence-corrected chi connectivity index (χ3v) is 4.61. The molecule has 1 unspecified atom stereocenters. The molecule has 2 rings (SSSR count). The van der Waals surface area contributed by atoms with E-state index in [1.54, 1.807) is 25.3 Å². The number of carbonyl (C=O) groups excluding carboxylic acids is 2. The van der Waals surface area contributed by atoms with Gasteiger partial charge in [0.2, 0.25) is 0 Å². The van der Waals surface area contributed by atoms with Crippen molar-refractivity contribution in [3.8, 4) is 5.75 Å². The van der Waals surface area contributed by atoms with Gasteiger partial charge >= 0.3 is 0 Å². The maximum Gasteiger partial charge on any atom is 0.262 e. The fourth-order valence-electron chi connectivity index (χ4n) is 2.51. The molecule has 0 aliphatic rings. The van der Waals surface area contributed by atoms with Gasteiger partial charge in [-0.2, -0.15) is 5.10 Å². The molecule has 0 radical (unpaired) electrons. The topological polar surface area (TPSA) is 79.8 Å². The number of carbonyl (C=O) groups is 2. The Bertz CT molecular complexity index is 864. The highest BCUT2D eigenvalue weighted by Gasteiger charge is 2.24. The normalized spacial score (nSPS) is 12.1. The first-order valence-electron chi connectivity index (χ1n) is 8.85. The van der Waals surface area contributed by atoms with E-state index in [4.69, 9.17) is 4.74 Å². The molecule has 0 heterocycles. The van der Waals surface area contributed by atoms with Crippen molar-refractivity contribution in [2.24, 2.45) is 11.0 Å². The maximum atomic E-state index is 12.5. The number of benzene rings is 2. The van der Waals surface area contributed by atoms with Gasteiger partial charge in [0, 0.05) is 15.6 Å². The van der Waals surface area contributed by atoms with Gasteiger partial charge in [0.1, 0.15) is 11.8 Å². The zero-order valence-electron chi connectivity index (χ0n) is 16.3. The fourth-order valence-corrected chi connectivity index (χ4v) is 2.88. The molecule has 2 amide bonds. The van der Waals surface area contributed by atoms with Gasteiger partial charge in [-0.1, -0.05) is 47.5 Å². The lowest BCUT2D eigenvalue weighted by Gasteiger charge is -2.20. The van der Waals surface area contributed by atoms with Gasteiger partial charge in [0.15, 0.2) is 0 Å². The zero-order valence-corrected chi connectivity index (χ0v) is 17.9. The van der Waals surface area contributed by atoms with Gasteiger partial charge in [0.05, 0.1) is 13.3 Å². The second kappa shape index (κ2) is 10.0. The van der Waals surface area contributed by atoms with Crippen LogP contribution < -0.4 is 15.5 Å². The van der Waals surface area contributed by atoms with E-state index >= 15 is 0 Å². The van der Waals surface area contributed by atoms with Crippen molar-refractivity contribution in [1.82, 2.24) is 10.7 Å². The van der Waals surface area contributed by atoms with E-state index in [-0.39, 0.29) is 17.7 Å². The van der Waals surface area contributed by atoms with Crippen molar-refractivity contribution >= 4 is 34.0 Å². The van der Waals surface area contributed by atoms with Crippen molar-refractivity contribution in [2.45, 2.75) is 26.8 Å². The SMILES string of the molecule is COc1ccc(Br)cc1/C=N\NC(=O)C(NC(=O)c1ccc(C)cc1)C(C)C. The van der Waals surface area contributed by atoms with Crippen molar-refractivity contribution in [1.29, 1.82) is 0 Å². The molecule has 0 aromatic heterocycles. The summed E-state index contributed by atoms with van der Waals surface area (Å²) < 4.78 is 6.14. The number of hydrogen-bond donors (Lipinski definition) is 2. The van der Waals surface area contributed by atoms with Crippen LogP contribution >= 0.6 is 15.9 Å². The second-order valence-electron chi connectivity index (χ2n) is 6.68. The monoisotopic (exact) mass is 445 g/mol. The maximum absolute atomic E-state index is 12.5. The molecule has 0 fully saturated rings. The molecule has 7 heteroatoms. The number of hydrogen-bond acceptors (Lipinski definition) is 4. The Morgan fingerprint density at radius 3 is 2.43 bits per heavy atom. The lowest BCUT2D eigenvalue weighted by atomic mass is 10.0. The van der Waals surface area contributed by atoms with Gasteiger partial charge in [-0.3, -0.25) is 9.59 Å². The Hall–Kier alpha value is -2.67. The summed E-state index contributed by atoms with van der Waals surface area (Å²) in [5, 5.41) is 6.78. The minimum Gasteiger partial charge on any atom is -0.496 e. The Labute approximate surface area is 173 Å². The number of nitrogens with zero attached hydrogens (tertiary/aromatic N) is 1. The predicted molar refractivity (Wildman–Crippen MR) is 114 cm³/mol. The Kier molecular flexibility index (Phi) is 7.75. The van der Waals surface area contributed by atoms with Gasteiger partial charge in [-0.05, 0) is 43.2 Å². The molecule has 0 saturated heterocycles. The number of ether oxygens (including phenoxy) is 1. The molecule has 0 aliphatic heterocycles. The zero-order chi connectivity index (χ0) is 20.7. The fraction of sp³-hybridized carbons (Fsp3) is 0.286. The number of aryl methyl sites for hydroxylation is 1. The van der Waals surface area contributed by atoms with Crippen LogP contribution in [0.2, 0.25) is 0 Å². The highest BCUT2D eigenvalue weighted by Crippen LogP contribution is 2.21. The lowest BCUT2D eigenvalue weighted by Crippen LogP contribution is -2.48. The van der Waals surface area contributed by atoms with E-state index in [0.29, 0.717) is 16.9 Å². The summed E-state index contributed by atoms with van der Waals surface area (Å²) in [5.74, 6) is -0.161. The van der Waals surface area contributed by atoms with E-state index in [1.807, 2.05) is 45.0 Å². The molecule has 2 aromatic carbocycles. The minimum atomic E-state index is -0.713. The third-order valence-electron chi connectivity index (χ3n) is 4.12. The molecular weight excluding hydrogens is 422 g/mol. The Morgan fingerprint density at radius 1 is 1.14 bits per heavy atom. The quantitative estimate of drug-likeness (QED) is 0.503. The molecule has 1 atom stereocenters. The van der Waals surface area contributed by atoms with Crippen LogP contribution in [-0.4, -0.2) is 31.2 Å². The molecule has 0 bridgehead atoms. The number of halogens is 1. The van der Waals surface area contributed by atoms with Crippen molar-refractivity contribution in [2.75, 3.05) is 7.11 Å². The van der Waals surface area contributed by atoms with Gasteiger partial charge < -0.3 is 10.1 Å². The summed E-state index contributed by atoms with van der Waals surface area (Å²) in [6.45, 7) is 5.67. The summed E-state index contributed by atoms with van der Waals surface area (Å²) in [6.07, 6.45) is 1.50. The van der Waals surface area contributed by atoms with Crippen LogP contribution in [0.4, 0.5) is 0 Å². The molecule has 0 aliphatic carbocycles. The van der Waals surface area contributed by atoms with Crippen LogP contribution in [0.25, 0.3) is 0 Å².